The third-order valence-corrected chi connectivity index (χ3v) is 4.92. The molecule has 1 saturated heterocycles. The van der Waals surface area contributed by atoms with Crippen molar-refractivity contribution in [2.24, 2.45) is 7.05 Å². The fraction of sp³-hybridized carbons (Fsp3) is 0.353. The van der Waals surface area contributed by atoms with Gasteiger partial charge >= 0.3 is 11.3 Å². The van der Waals surface area contributed by atoms with Crippen molar-refractivity contribution in [3.8, 4) is 0 Å². The molecule has 0 aliphatic carbocycles. The van der Waals surface area contributed by atoms with Crippen LogP contribution in [0.5, 0.6) is 0 Å². The van der Waals surface area contributed by atoms with Gasteiger partial charge in [-0.25, -0.2) is 9.18 Å². The molecule has 3 rings (SSSR count). The summed E-state index contributed by atoms with van der Waals surface area (Å²) in [5.74, 6) is -1.16. The van der Waals surface area contributed by atoms with Crippen molar-refractivity contribution < 1.29 is 23.2 Å². The van der Waals surface area contributed by atoms with Crippen molar-refractivity contribution in [3.05, 3.63) is 46.2 Å². The molecule has 1 aromatic heterocycles. The molecule has 0 bridgehead atoms. The van der Waals surface area contributed by atoms with E-state index in [1.54, 1.807) is 14.0 Å². The summed E-state index contributed by atoms with van der Waals surface area (Å²) >= 11 is 5.38. The van der Waals surface area contributed by atoms with Gasteiger partial charge in [0.2, 0.25) is 5.91 Å². The normalized spacial score (nSPS) is 16.8. The average Bonchev–Trinajstić information content (AvgIpc) is 3.08. The number of nitrogens with one attached hydrogen (secondary N) is 2. The highest BCUT2D eigenvalue weighted by Crippen LogP contribution is 2.22. The molecule has 1 atom stereocenters. The smallest absolute Gasteiger partial charge is 0.326 e. The van der Waals surface area contributed by atoms with Crippen LogP contribution in [0.25, 0.3) is 0 Å². The third kappa shape index (κ3) is 3.79. The molecular weight excluding hydrogens is 389 g/mol. The fourth-order valence-corrected chi connectivity index (χ4v) is 3.39. The van der Waals surface area contributed by atoms with Crippen LogP contribution in [0.2, 0.25) is 0 Å². The van der Waals surface area contributed by atoms with Crippen LogP contribution in [-0.2, 0) is 23.2 Å². The first-order valence-corrected chi connectivity index (χ1v) is 8.96. The number of rotatable bonds is 6. The van der Waals surface area contributed by atoms with Crippen molar-refractivity contribution >= 4 is 34.8 Å². The lowest BCUT2D eigenvalue weighted by Gasteiger charge is -2.21. The Morgan fingerprint density at radius 2 is 2.04 bits per heavy atom. The summed E-state index contributed by atoms with van der Waals surface area (Å²) < 4.78 is 19.1. The van der Waals surface area contributed by atoms with E-state index in [2.05, 4.69) is 10.6 Å². The van der Waals surface area contributed by atoms with Crippen LogP contribution in [0, 0.1) is 5.82 Å². The SMILES string of the molecule is CCN1C(=O)C(CC(=O)Nc2ccc(F)cc2)N(Cc2c(=O)o[nH][n+]2C)C1=S. The van der Waals surface area contributed by atoms with Crippen molar-refractivity contribution in [1.82, 2.24) is 15.1 Å². The summed E-state index contributed by atoms with van der Waals surface area (Å²) in [5, 5.41) is 5.28. The second kappa shape index (κ2) is 7.89. The van der Waals surface area contributed by atoms with E-state index in [0.29, 0.717) is 12.2 Å². The first kappa shape index (κ1) is 19.7. The van der Waals surface area contributed by atoms with Gasteiger partial charge in [-0.15, -0.1) is 0 Å². The van der Waals surface area contributed by atoms with E-state index >= 15 is 0 Å². The number of aromatic amines is 1. The van der Waals surface area contributed by atoms with E-state index in [0.717, 1.165) is 0 Å². The Hall–Kier alpha value is -3.08. The second-order valence-corrected chi connectivity index (χ2v) is 6.62. The third-order valence-electron chi connectivity index (χ3n) is 4.46. The van der Waals surface area contributed by atoms with Crippen molar-refractivity contribution in [3.63, 3.8) is 0 Å². The molecule has 148 valence electrons. The molecule has 9 nitrogen and oxygen atoms in total. The molecule has 1 aliphatic heterocycles. The largest absolute Gasteiger partial charge is 0.431 e. The number of likely N-dealkylation sites (N-methyl/N-ethyl adjacent to an activating group) is 1. The van der Waals surface area contributed by atoms with Gasteiger partial charge < -0.3 is 10.2 Å². The van der Waals surface area contributed by atoms with Crippen molar-refractivity contribution in [1.29, 1.82) is 0 Å². The number of hydrogen-bond acceptors (Lipinski definition) is 5. The first-order chi connectivity index (χ1) is 13.3. The summed E-state index contributed by atoms with van der Waals surface area (Å²) in [7, 11) is 1.59. The van der Waals surface area contributed by atoms with E-state index in [-0.39, 0.29) is 29.7 Å². The van der Waals surface area contributed by atoms with Gasteiger partial charge in [-0.3, -0.25) is 19.0 Å². The first-order valence-electron chi connectivity index (χ1n) is 8.55. The number of amides is 2. The maximum atomic E-state index is 13.0. The molecule has 28 heavy (non-hydrogen) atoms. The number of nitrogens with zero attached hydrogens (tertiary/aromatic N) is 3. The Bertz CT molecular complexity index is 971. The van der Waals surface area contributed by atoms with Crippen LogP contribution in [0.15, 0.2) is 33.6 Å². The van der Waals surface area contributed by atoms with Gasteiger partial charge in [-0.2, -0.15) is 0 Å². The summed E-state index contributed by atoms with van der Waals surface area (Å²) in [6.45, 7) is 2.13. The summed E-state index contributed by atoms with van der Waals surface area (Å²) in [6.07, 6.45) is -0.174. The molecule has 1 fully saturated rings. The summed E-state index contributed by atoms with van der Waals surface area (Å²) in [6, 6.07) is 4.44. The van der Waals surface area contributed by atoms with E-state index in [1.165, 1.54) is 38.7 Å². The Kier molecular flexibility index (Phi) is 5.54. The van der Waals surface area contributed by atoms with Gasteiger partial charge in [0.05, 0.1) is 6.42 Å². The van der Waals surface area contributed by atoms with Crippen LogP contribution >= 0.6 is 12.2 Å². The number of H-pyrrole nitrogens is 1. The highest BCUT2D eigenvalue weighted by molar-refractivity contribution is 7.80. The Balaban J connectivity index is 1.80. The quantitative estimate of drug-likeness (QED) is 0.526. The minimum Gasteiger partial charge on any atom is -0.326 e. The average molecular weight is 408 g/mol. The minimum absolute atomic E-state index is 0.0118. The highest BCUT2D eigenvalue weighted by atomic mass is 32.1. The Morgan fingerprint density at radius 1 is 1.36 bits per heavy atom. The van der Waals surface area contributed by atoms with E-state index < -0.39 is 23.4 Å². The number of aromatic nitrogens is 2. The topological polar surface area (TPSA) is 103 Å². The Morgan fingerprint density at radius 3 is 2.61 bits per heavy atom. The van der Waals surface area contributed by atoms with E-state index in [1.807, 2.05) is 0 Å². The molecule has 0 saturated carbocycles. The molecule has 0 radical (unpaired) electrons. The van der Waals surface area contributed by atoms with Crippen LogP contribution in [0.4, 0.5) is 10.1 Å². The van der Waals surface area contributed by atoms with Crippen molar-refractivity contribution in [2.45, 2.75) is 25.9 Å². The molecular formula is C17H19FN5O4S+. The second-order valence-electron chi connectivity index (χ2n) is 6.25. The van der Waals surface area contributed by atoms with Crippen LogP contribution in [0.1, 0.15) is 19.0 Å². The Labute approximate surface area is 164 Å². The lowest BCUT2D eigenvalue weighted by Crippen LogP contribution is -2.44. The van der Waals surface area contributed by atoms with Gasteiger partial charge in [0.25, 0.3) is 5.91 Å². The standard InChI is InChI=1S/C17H18FN5O4S/c1-3-22-15(25)12(8-14(24)19-11-6-4-10(18)5-7-11)23(17(22)28)9-13-16(26)27-20-21(13)2/h4-7,12H,3,8-9H2,1-2H3,(H-,19,20,24,26)/p+1. The number of thiocarbonyl (C=S) groups is 1. The number of anilines is 1. The maximum Gasteiger partial charge on any atom is 0.431 e. The number of halogens is 1. The van der Waals surface area contributed by atoms with Gasteiger partial charge in [-0.1, -0.05) is 4.68 Å². The van der Waals surface area contributed by atoms with Crippen LogP contribution < -0.4 is 15.6 Å². The van der Waals surface area contributed by atoms with Gasteiger partial charge in [-0.05, 0) is 48.7 Å². The van der Waals surface area contributed by atoms with E-state index in [4.69, 9.17) is 16.7 Å². The van der Waals surface area contributed by atoms with Crippen molar-refractivity contribution in [2.75, 3.05) is 11.9 Å². The lowest BCUT2D eigenvalue weighted by atomic mass is 10.1. The fourth-order valence-electron chi connectivity index (χ4n) is 2.98. The number of hydrogen-bond donors (Lipinski definition) is 2. The molecule has 2 N–H and O–H groups in total. The number of aryl methyl sites for hydroxylation is 1. The molecule has 0 spiro atoms. The monoisotopic (exact) mass is 408 g/mol. The minimum atomic E-state index is -0.859. The lowest BCUT2D eigenvalue weighted by molar-refractivity contribution is -0.746. The zero-order valence-electron chi connectivity index (χ0n) is 15.3. The number of carbonyl (C=O) groups excluding carboxylic acids is 2. The van der Waals surface area contributed by atoms with E-state index in [9.17, 15) is 18.8 Å². The summed E-state index contributed by atoms with van der Waals surface area (Å²) in [5.41, 5.74) is 0.0928. The zero-order valence-corrected chi connectivity index (χ0v) is 16.1. The summed E-state index contributed by atoms with van der Waals surface area (Å²) in [4.78, 5) is 40.0. The molecule has 2 amide bonds. The number of benzene rings is 1. The molecule has 1 aliphatic rings. The number of carbonyl (C=O) groups is 2. The predicted octanol–water partition coefficient (Wildman–Crippen LogP) is 0.278. The van der Waals surface area contributed by atoms with Gasteiger partial charge in [0, 0.05) is 12.2 Å². The molecule has 2 aromatic rings. The van der Waals surface area contributed by atoms with Gasteiger partial charge in [0.1, 0.15) is 18.4 Å². The molecule has 2 heterocycles. The molecule has 1 aromatic carbocycles. The van der Waals surface area contributed by atoms with Gasteiger partial charge in [0.15, 0.2) is 12.2 Å². The molecule has 1 unspecified atom stereocenters. The molecule has 11 heteroatoms. The highest BCUT2D eigenvalue weighted by Gasteiger charge is 2.44. The van der Waals surface area contributed by atoms with Crippen LogP contribution in [0.3, 0.4) is 0 Å². The zero-order chi connectivity index (χ0) is 20.4. The van der Waals surface area contributed by atoms with Crippen LogP contribution in [-0.4, -0.2) is 44.6 Å². The predicted molar refractivity (Wildman–Crippen MR) is 99.5 cm³/mol. The maximum absolute atomic E-state index is 13.0.